The standard InChI is InChI=1S/C14H18O2/c1-2-14(15)16-13-8-9-7-12(13)11-6-4-3-5-10(9)11/h2-3,5,9-13H,1,4,6-8H2. The van der Waals surface area contributed by atoms with Gasteiger partial charge in [-0.2, -0.15) is 0 Å². The number of ether oxygens (including phenoxy) is 1. The molecule has 0 heterocycles. The molecule has 2 fully saturated rings. The van der Waals surface area contributed by atoms with Gasteiger partial charge in [0, 0.05) is 6.08 Å². The van der Waals surface area contributed by atoms with Crippen LogP contribution in [0.1, 0.15) is 25.7 Å². The highest BCUT2D eigenvalue weighted by Gasteiger charge is 2.53. The van der Waals surface area contributed by atoms with Crippen molar-refractivity contribution in [2.24, 2.45) is 23.7 Å². The van der Waals surface area contributed by atoms with E-state index in [2.05, 4.69) is 18.7 Å². The summed E-state index contributed by atoms with van der Waals surface area (Å²) < 4.78 is 5.46. The Kier molecular flexibility index (Phi) is 2.38. The van der Waals surface area contributed by atoms with Crippen LogP contribution in [0.5, 0.6) is 0 Å². The molecule has 0 N–H and O–H groups in total. The third kappa shape index (κ3) is 1.43. The molecule has 0 spiro atoms. The topological polar surface area (TPSA) is 26.3 Å². The summed E-state index contributed by atoms with van der Waals surface area (Å²) in [6, 6.07) is 0. The molecule has 0 amide bonds. The molecule has 0 aromatic carbocycles. The number of esters is 1. The van der Waals surface area contributed by atoms with Gasteiger partial charge in [-0.3, -0.25) is 0 Å². The van der Waals surface area contributed by atoms with Crippen molar-refractivity contribution in [3.63, 3.8) is 0 Å². The first-order valence-corrected chi connectivity index (χ1v) is 6.29. The van der Waals surface area contributed by atoms with Crippen molar-refractivity contribution in [3.05, 3.63) is 24.8 Å². The van der Waals surface area contributed by atoms with Crippen LogP contribution in [0.3, 0.4) is 0 Å². The third-order valence-electron chi connectivity index (χ3n) is 4.64. The molecule has 0 aromatic rings. The zero-order valence-electron chi connectivity index (χ0n) is 9.47. The van der Waals surface area contributed by atoms with E-state index in [0.29, 0.717) is 5.92 Å². The van der Waals surface area contributed by atoms with E-state index < -0.39 is 0 Å². The molecule has 2 heteroatoms. The maximum atomic E-state index is 11.2. The molecule has 0 aliphatic heterocycles. The molecule has 5 atom stereocenters. The number of fused-ring (bicyclic) bond motifs is 5. The Balaban J connectivity index is 1.72. The van der Waals surface area contributed by atoms with Crippen molar-refractivity contribution < 1.29 is 9.53 Å². The van der Waals surface area contributed by atoms with Gasteiger partial charge < -0.3 is 4.74 Å². The summed E-state index contributed by atoms with van der Waals surface area (Å²) in [4.78, 5) is 11.2. The van der Waals surface area contributed by atoms with Crippen molar-refractivity contribution in [2.45, 2.75) is 31.8 Å². The second-order valence-corrected chi connectivity index (χ2v) is 5.32. The van der Waals surface area contributed by atoms with E-state index in [9.17, 15) is 4.79 Å². The van der Waals surface area contributed by atoms with Gasteiger partial charge in [0.2, 0.25) is 0 Å². The van der Waals surface area contributed by atoms with Gasteiger partial charge in [-0.15, -0.1) is 0 Å². The minimum Gasteiger partial charge on any atom is -0.459 e. The number of allylic oxidation sites excluding steroid dienone is 2. The fraction of sp³-hybridized carbons (Fsp3) is 0.643. The van der Waals surface area contributed by atoms with E-state index in [-0.39, 0.29) is 12.1 Å². The van der Waals surface area contributed by atoms with Gasteiger partial charge in [-0.1, -0.05) is 18.7 Å². The summed E-state index contributed by atoms with van der Waals surface area (Å²) >= 11 is 0. The smallest absolute Gasteiger partial charge is 0.330 e. The monoisotopic (exact) mass is 218 g/mol. The van der Waals surface area contributed by atoms with E-state index in [1.54, 1.807) is 0 Å². The van der Waals surface area contributed by atoms with Gasteiger partial charge in [0.1, 0.15) is 6.10 Å². The van der Waals surface area contributed by atoms with E-state index in [1.165, 1.54) is 25.3 Å². The highest BCUT2D eigenvalue weighted by molar-refractivity contribution is 5.81. The van der Waals surface area contributed by atoms with Gasteiger partial charge >= 0.3 is 5.97 Å². The second kappa shape index (κ2) is 3.76. The SMILES string of the molecule is C=CC(=O)OC1CC2CC1C1CCC=CC21. The molecule has 0 aromatic heterocycles. The Labute approximate surface area is 96.4 Å². The second-order valence-electron chi connectivity index (χ2n) is 5.32. The fourth-order valence-electron chi connectivity index (χ4n) is 4.05. The molecular weight excluding hydrogens is 200 g/mol. The van der Waals surface area contributed by atoms with Crippen molar-refractivity contribution in [1.82, 2.24) is 0 Å². The van der Waals surface area contributed by atoms with Crippen LogP contribution in [0.4, 0.5) is 0 Å². The summed E-state index contributed by atoms with van der Waals surface area (Å²) in [5.41, 5.74) is 0. The average Bonchev–Trinajstić information content (AvgIpc) is 2.87. The maximum Gasteiger partial charge on any atom is 0.330 e. The van der Waals surface area contributed by atoms with Crippen molar-refractivity contribution in [1.29, 1.82) is 0 Å². The average molecular weight is 218 g/mol. The van der Waals surface area contributed by atoms with E-state index in [4.69, 9.17) is 4.74 Å². The summed E-state index contributed by atoms with van der Waals surface area (Å²) in [7, 11) is 0. The first-order valence-electron chi connectivity index (χ1n) is 6.29. The van der Waals surface area contributed by atoms with Crippen molar-refractivity contribution in [3.8, 4) is 0 Å². The number of hydrogen-bond donors (Lipinski definition) is 0. The Bertz CT molecular complexity index is 345. The van der Waals surface area contributed by atoms with E-state index in [1.807, 2.05) is 0 Å². The molecule has 0 saturated heterocycles. The van der Waals surface area contributed by atoms with Crippen LogP contribution in [0.2, 0.25) is 0 Å². The first kappa shape index (κ1) is 10.1. The minimum atomic E-state index is -0.250. The van der Waals surface area contributed by atoms with Crippen LogP contribution >= 0.6 is 0 Å². The Morgan fingerprint density at radius 2 is 2.25 bits per heavy atom. The normalized spacial score (nSPS) is 44.1. The van der Waals surface area contributed by atoms with Crippen LogP contribution in [-0.2, 0) is 9.53 Å². The molecule has 86 valence electrons. The molecule has 0 radical (unpaired) electrons. The Morgan fingerprint density at radius 1 is 1.38 bits per heavy atom. The summed E-state index contributed by atoms with van der Waals surface area (Å²) in [5.74, 6) is 2.67. The molecular formula is C14H18O2. The highest BCUT2D eigenvalue weighted by atomic mass is 16.5. The van der Waals surface area contributed by atoms with Gasteiger partial charge in [0.25, 0.3) is 0 Å². The van der Waals surface area contributed by atoms with E-state index >= 15 is 0 Å². The quantitative estimate of drug-likeness (QED) is 0.404. The molecule has 3 rings (SSSR count). The van der Waals surface area contributed by atoms with Crippen LogP contribution in [0.15, 0.2) is 24.8 Å². The highest BCUT2D eigenvalue weighted by Crippen LogP contribution is 2.56. The third-order valence-corrected chi connectivity index (χ3v) is 4.64. The Hall–Kier alpha value is -1.05. The molecule has 3 aliphatic rings. The van der Waals surface area contributed by atoms with Crippen LogP contribution in [0, 0.1) is 23.7 Å². The zero-order chi connectivity index (χ0) is 11.1. The van der Waals surface area contributed by atoms with Crippen LogP contribution < -0.4 is 0 Å². The predicted octanol–water partition coefficient (Wildman–Crippen LogP) is 2.71. The first-order chi connectivity index (χ1) is 7.79. The number of hydrogen-bond acceptors (Lipinski definition) is 2. The maximum absolute atomic E-state index is 11.2. The molecule has 3 aliphatic carbocycles. The van der Waals surface area contributed by atoms with Gasteiger partial charge in [0.05, 0.1) is 0 Å². The lowest BCUT2D eigenvalue weighted by Crippen LogP contribution is -2.34. The van der Waals surface area contributed by atoms with Crippen molar-refractivity contribution in [2.75, 3.05) is 0 Å². The lowest BCUT2D eigenvalue weighted by Gasteiger charge is -2.35. The van der Waals surface area contributed by atoms with Crippen molar-refractivity contribution >= 4 is 5.97 Å². The number of carbonyl (C=O) groups is 1. The van der Waals surface area contributed by atoms with Crippen LogP contribution in [0.25, 0.3) is 0 Å². The predicted molar refractivity (Wildman–Crippen MR) is 61.6 cm³/mol. The largest absolute Gasteiger partial charge is 0.459 e. The summed E-state index contributed by atoms with van der Waals surface area (Å²) in [5, 5.41) is 0. The lowest BCUT2D eigenvalue weighted by atomic mass is 9.73. The van der Waals surface area contributed by atoms with Gasteiger partial charge in [-0.05, 0) is 49.4 Å². The molecule has 16 heavy (non-hydrogen) atoms. The fourth-order valence-corrected chi connectivity index (χ4v) is 4.05. The minimum absolute atomic E-state index is 0.170. The molecule has 2 bridgehead atoms. The van der Waals surface area contributed by atoms with E-state index in [0.717, 1.165) is 24.2 Å². The van der Waals surface area contributed by atoms with Crippen LogP contribution in [-0.4, -0.2) is 12.1 Å². The van der Waals surface area contributed by atoms with Gasteiger partial charge in [-0.25, -0.2) is 4.79 Å². The molecule has 2 saturated carbocycles. The lowest BCUT2D eigenvalue weighted by molar-refractivity contribution is -0.147. The zero-order valence-corrected chi connectivity index (χ0v) is 9.47. The number of carbonyl (C=O) groups excluding carboxylic acids is 1. The Morgan fingerprint density at radius 3 is 3.06 bits per heavy atom. The van der Waals surface area contributed by atoms with Gasteiger partial charge in [0.15, 0.2) is 0 Å². The summed E-state index contributed by atoms with van der Waals surface area (Å²) in [6.45, 7) is 3.46. The molecule has 5 unspecified atom stereocenters. The summed E-state index contributed by atoms with van der Waals surface area (Å²) in [6.07, 6.45) is 11.0. The molecule has 2 nitrogen and oxygen atoms in total. The number of rotatable bonds is 2.